The smallest absolute Gasteiger partial charge is 0.0961 e. The van der Waals surface area contributed by atoms with Gasteiger partial charge >= 0.3 is 21.7 Å². The SMILES string of the molecule is C=C(C)C=C(C)C.C[SiH2]C.[Ti+3]. The summed E-state index contributed by atoms with van der Waals surface area (Å²) in [5, 5.41) is 0. The van der Waals surface area contributed by atoms with Crippen LogP contribution in [0.3, 0.4) is 0 Å². The molecule has 0 aromatic rings. The molecular weight excluding hydrogens is 184 g/mol. The number of hydrogen-bond acceptors (Lipinski definition) is 0. The minimum absolute atomic E-state index is 0. The van der Waals surface area contributed by atoms with Gasteiger partial charge in [0.25, 0.3) is 0 Å². The molecule has 0 heterocycles. The minimum atomic E-state index is 0. The Balaban J connectivity index is -0.000000140. The second-order valence-corrected chi connectivity index (χ2v) is 4.19. The molecule has 0 N–H and O–H groups in total. The van der Waals surface area contributed by atoms with Crippen molar-refractivity contribution in [2.24, 2.45) is 0 Å². The van der Waals surface area contributed by atoms with Crippen molar-refractivity contribution in [3.63, 3.8) is 0 Å². The van der Waals surface area contributed by atoms with Gasteiger partial charge in [0.05, 0.1) is 0 Å². The largest absolute Gasteiger partial charge is 3.00 e. The van der Waals surface area contributed by atoms with Crippen LogP contribution in [0.1, 0.15) is 20.8 Å². The maximum atomic E-state index is 3.72. The zero-order chi connectivity index (χ0) is 8.57. The summed E-state index contributed by atoms with van der Waals surface area (Å²) in [6.07, 6.45) is 2.06. The predicted octanol–water partition coefficient (Wildman–Crippen LogP) is 2.78. The third-order valence-electron chi connectivity index (χ3n) is 0.535. The summed E-state index contributed by atoms with van der Waals surface area (Å²) in [5.74, 6) is 0. The average molecular weight is 204 g/mol. The maximum absolute atomic E-state index is 3.72. The van der Waals surface area contributed by atoms with Crippen molar-refractivity contribution in [2.45, 2.75) is 33.9 Å². The van der Waals surface area contributed by atoms with Crippen molar-refractivity contribution < 1.29 is 21.7 Å². The molecule has 0 saturated carbocycles. The average Bonchev–Trinajstić information content (AvgIpc) is 1.62. The van der Waals surface area contributed by atoms with Crippen molar-refractivity contribution in [2.75, 3.05) is 0 Å². The Morgan fingerprint density at radius 3 is 1.45 bits per heavy atom. The topological polar surface area (TPSA) is 0 Å². The van der Waals surface area contributed by atoms with Gasteiger partial charge in [0.15, 0.2) is 0 Å². The molecule has 0 atom stereocenters. The molecule has 0 aliphatic heterocycles. The van der Waals surface area contributed by atoms with Crippen molar-refractivity contribution in [3.05, 3.63) is 23.8 Å². The van der Waals surface area contributed by atoms with Gasteiger partial charge in [-0.15, -0.1) is 0 Å². The second kappa shape index (κ2) is 13.0. The van der Waals surface area contributed by atoms with Gasteiger partial charge in [0, 0.05) is 9.52 Å². The number of rotatable bonds is 1. The van der Waals surface area contributed by atoms with Gasteiger partial charge in [-0.25, -0.2) is 0 Å². The van der Waals surface area contributed by atoms with Crippen LogP contribution in [0.5, 0.6) is 0 Å². The molecule has 0 unspecified atom stereocenters. The molecule has 61 valence electrons. The van der Waals surface area contributed by atoms with E-state index in [-0.39, 0.29) is 21.7 Å². The fourth-order valence-corrected chi connectivity index (χ4v) is 0.493. The Labute approximate surface area is 88.9 Å². The van der Waals surface area contributed by atoms with E-state index in [1.54, 1.807) is 0 Å². The first-order chi connectivity index (χ1) is 4.54. The van der Waals surface area contributed by atoms with Gasteiger partial charge in [-0.05, 0) is 20.8 Å². The van der Waals surface area contributed by atoms with E-state index in [4.69, 9.17) is 0 Å². The standard InChI is InChI=1S/C7H12.C2H8Si.Ti/c1-6(2)5-7(3)4;1-3-2;/h5H,1H2,2-4H3;3H2,1-2H3;/q;;+3. The van der Waals surface area contributed by atoms with Crippen LogP contribution >= 0.6 is 0 Å². The number of allylic oxidation sites excluding steroid dienone is 3. The molecule has 0 bridgehead atoms. The van der Waals surface area contributed by atoms with Crippen molar-refractivity contribution in [1.29, 1.82) is 0 Å². The molecule has 0 rings (SSSR count). The van der Waals surface area contributed by atoms with E-state index in [0.717, 1.165) is 5.57 Å². The molecule has 0 fully saturated rings. The van der Waals surface area contributed by atoms with Crippen LogP contribution in [0.4, 0.5) is 0 Å². The van der Waals surface area contributed by atoms with Crippen molar-refractivity contribution in [1.82, 2.24) is 0 Å². The van der Waals surface area contributed by atoms with E-state index in [9.17, 15) is 0 Å². The number of hydrogen-bond donors (Lipinski definition) is 0. The Morgan fingerprint density at radius 1 is 1.18 bits per heavy atom. The Kier molecular flexibility index (Phi) is 20.7. The molecule has 0 aromatic carbocycles. The van der Waals surface area contributed by atoms with Crippen LogP contribution in [-0.4, -0.2) is 9.52 Å². The Bertz CT molecular complexity index is 113. The first-order valence-electron chi connectivity index (χ1n) is 3.85. The fourth-order valence-electron chi connectivity index (χ4n) is 0.493. The monoisotopic (exact) mass is 204 g/mol. The summed E-state index contributed by atoms with van der Waals surface area (Å²) in [7, 11) is 0.417. The third-order valence-corrected chi connectivity index (χ3v) is 0.535. The van der Waals surface area contributed by atoms with E-state index in [0.29, 0.717) is 9.52 Å². The summed E-state index contributed by atoms with van der Waals surface area (Å²) in [5.41, 5.74) is 2.44. The summed E-state index contributed by atoms with van der Waals surface area (Å²) in [6.45, 7) is 14.4. The van der Waals surface area contributed by atoms with Crippen LogP contribution in [0, 0.1) is 0 Å². The van der Waals surface area contributed by atoms with Gasteiger partial charge in [-0.2, -0.15) is 0 Å². The van der Waals surface area contributed by atoms with E-state index < -0.39 is 0 Å². The minimum Gasteiger partial charge on any atom is -0.0961 e. The first-order valence-corrected chi connectivity index (χ1v) is 6.67. The molecule has 0 aliphatic carbocycles. The van der Waals surface area contributed by atoms with E-state index in [1.165, 1.54) is 5.57 Å². The van der Waals surface area contributed by atoms with Gasteiger partial charge < -0.3 is 0 Å². The van der Waals surface area contributed by atoms with Crippen molar-refractivity contribution in [3.8, 4) is 0 Å². The molecule has 2 heteroatoms. The molecule has 0 nitrogen and oxygen atoms in total. The van der Waals surface area contributed by atoms with E-state index in [1.807, 2.05) is 6.92 Å². The molecule has 11 heavy (non-hydrogen) atoms. The Morgan fingerprint density at radius 2 is 1.45 bits per heavy atom. The quantitative estimate of drug-likeness (QED) is 0.455. The van der Waals surface area contributed by atoms with Crippen LogP contribution in [-0.2, 0) is 21.7 Å². The van der Waals surface area contributed by atoms with Crippen molar-refractivity contribution >= 4 is 9.52 Å². The Hall–Kier alpha value is 0.411. The fraction of sp³-hybridized carbons (Fsp3) is 0.556. The molecule has 0 aromatic heterocycles. The third kappa shape index (κ3) is 37.9. The summed E-state index contributed by atoms with van der Waals surface area (Å²) < 4.78 is 0. The normalized spacial score (nSPS) is 6.64. The summed E-state index contributed by atoms with van der Waals surface area (Å²) >= 11 is 0. The molecule has 0 aliphatic rings. The van der Waals surface area contributed by atoms with Crippen LogP contribution in [0.15, 0.2) is 23.8 Å². The van der Waals surface area contributed by atoms with Gasteiger partial charge in [0.2, 0.25) is 0 Å². The summed E-state index contributed by atoms with van der Waals surface area (Å²) in [6, 6.07) is 0. The van der Waals surface area contributed by atoms with E-state index in [2.05, 4.69) is 39.6 Å². The second-order valence-electron chi connectivity index (χ2n) is 2.78. The molecule has 0 spiro atoms. The van der Waals surface area contributed by atoms with Gasteiger partial charge in [-0.1, -0.05) is 36.9 Å². The van der Waals surface area contributed by atoms with Gasteiger partial charge in [-0.3, -0.25) is 0 Å². The zero-order valence-electron chi connectivity index (χ0n) is 8.49. The van der Waals surface area contributed by atoms with Gasteiger partial charge in [0.1, 0.15) is 0 Å². The predicted molar refractivity (Wildman–Crippen MR) is 54.5 cm³/mol. The molecule has 0 saturated heterocycles. The molecular formula is C9H20SiTi+3. The van der Waals surface area contributed by atoms with Crippen LogP contribution in [0.2, 0.25) is 13.1 Å². The molecule has 0 amide bonds. The van der Waals surface area contributed by atoms with Crippen LogP contribution < -0.4 is 0 Å². The zero-order valence-corrected chi connectivity index (χ0v) is 11.5. The first kappa shape index (κ1) is 17.5. The summed E-state index contributed by atoms with van der Waals surface area (Å²) in [4.78, 5) is 0. The van der Waals surface area contributed by atoms with E-state index >= 15 is 0 Å². The molecule has 1 radical (unpaired) electrons. The van der Waals surface area contributed by atoms with Crippen LogP contribution in [0.25, 0.3) is 0 Å². The maximum Gasteiger partial charge on any atom is 3.00 e.